The minimum atomic E-state index is 1.05. The highest BCUT2D eigenvalue weighted by molar-refractivity contribution is 5.86. The molecule has 0 heterocycles. The van der Waals surface area contributed by atoms with Crippen LogP contribution in [0.1, 0.15) is 5.56 Å². The fourth-order valence-corrected chi connectivity index (χ4v) is 11.1. The van der Waals surface area contributed by atoms with Crippen molar-refractivity contribution in [3.8, 4) is 22.3 Å². The molecule has 0 aliphatic heterocycles. The van der Waals surface area contributed by atoms with E-state index in [2.05, 4.69) is 383 Å². The maximum Gasteiger partial charge on any atom is 0.0463 e. The zero-order chi connectivity index (χ0) is 56.4. The van der Waals surface area contributed by atoms with Crippen molar-refractivity contribution in [3.05, 3.63) is 357 Å². The molecule has 0 atom stereocenters. The zero-order valence-corrected chi connectivity index (χ0v) is 46.7. The fraction of sp³-hybridized carbons (Fsp3) is 0.0127. The third-order valence-electron chi connectivity index (χ3n) is 15.3. The molecule has 402 valence electrons. The van der Waals surface area contributed by atoms with Crippen LogP contribution in [0.25, 0.3) is 22.3 Å². The lowest BCUT2D eigenvalue weighted by atomic mass is 10.0. The number of rotatable bonds is 17. The van der Waals surface area contributed by atoms with Crippen molar-refractivity contribution >= 4 is 85.3 Å². The molecule has 0 fully saturated rings. The lowest BCUT2D eigenvalue weighted by Gasteiger charge is -2.29. The molecule has 0 radical (unpaired) electrons. The van der Waals surface area contributed by atoms with Crippen molar-refractivity contribution < 1.29 is 0 Å². The number of nitrogens with zero attached hydrogens (tertiary/aromatic N) is 5. The average molecular weight is 1080 g/mol. The summed E-state index contributed by atoms with van der Waals surface area (Å²) in [4.78, 5) is 11.6. The number of aryl methyl sites for hydroxylation is 1. The van der Waals surface area contributed by atoms with Gasteiger partial charge in [0.1, 0.15) is 0 Å². The van der Waals surface area contributed by atoms with Gasteiger partial charge in [0.05, 0.1) is 0 Å². The van der Waals surface area contributed by atoms with Crippen molar-refractivity contribution in [1.29, 1.82) is 0 Å². The number of para-hydroxylation sites is 6. The Morgan fingerprint density at radius 2 is 0.250 bits per heavy atom. The molecule has 0 saturated carbocycles. The summed E-state index contributed by atoms with van der Waals surface area (Å²) < 4.78 is 0. The van der Waals surface area contributed by atoms with E-state index in [1.54, 1.807) is 0 Å². The molecule has 5 heteroatoms. The van der Waals surface area contributed by atoms with Crippen LogP contribution in [-0.4, -0.2) is 0 Å². The highest BCUT2D eigenvalue weighted by Gasteiger charge is 2.20. The van der Waals surface area contributed by atoms with Gasteiger partial charge in [0.25, 0.3) is 0 Å². The molecule has 0 aliphatic rings. The van der Waals surface area contributed by atoms with Crippen molar-refractivity contribution in [2.75, 3.05) is 24.5 Å². The molecular formula is C79H61N5. The molecule has 0 bridgehead atoms. The highest BCUT2D eigenvalue weighted by Crippen LogP contribution is 2.43. The Bertz CT molecular complexity index is 3830. The number of anilines is 15. The molecule has 5 nitrogen and oxygen atoms in total. The van der Waals surface area contributed by atoms with Gasteiger partial charge >= 0.3 is 0 Å². The van der Waals surface area contributed by atoms with Crippen LogP contribution in [-0.2, 0) is 0 Å². The third kappa shape index (κ3) is 11.3. The third-order valence-corrected chi connectivity index (χ3v) is 15.3. The SMILES string of the molecule is Cc1ccc(N(c2ccc(N(c3ccccc3)c3ccc(-c4ccc(N(c5ccccc5)c5ccccc5)cc4)cc3)cc2)c2ccc(N(c3ccccc3)c3ccc(-c4ccc(N(c5ccccc5)c5ccccc5)cc4)cc3)cc2)cc1. The van der Waals surface area contributed by atoms with Crippen LogP contribution in [0.3, 0.4) is 0 Å². The molecule has 0 N–H and O–H groups in total. The van der Waals surface area contributed by atoms with E-state index < -0.39 is 0 Å². The first-order chi connectivity index (χ1) is 41.6. The van der Waals surface area contributed by atoms with Crippen LogP contribution in [0.15, 0.2) is 352 Å². The van der Waals surface area contributed by atoms with E-state index in [1.807, 2.05) is 0 Å². The minimum absolute atomic E-state index is 1.05. The van der Waals surface area contributed by atoms with Gasteiger partial charge in [0.2, 0.25) is 0 Å². The summed E-state index contributed by atoms with van der Waals surface area (Å²) in [5.74, 6) is 0. The van der Waals surface area contributed by atoms with Gasteiger partial charge < -0.3 is 24.5 Å². The molecule has 13 aromatic rings. The van der Waals surface area contributed by atoms with Gasteiger partial charge in [-0.1, -0.05) is 175 Å². The van der Waals surface area contributed by atoms with Crippen LogP contribution in [0.2, 0.25) is 0 Å². The molecule has 13 aromatic carbocycles. The van der Waals surface area contributed by atoms with Gasteiger partial charge in [0, 0.05) is 85.3 Å². The van der Waals surface area contributed by atoms with E-state index in [1.165, 1.54) is 5.56 Å². The second-order valence-corrected chi connectivity index (χ2v) is 20.7. The maximum atomic E-state index is 2.34. The standard InChI is InChI=1S/C79H61N5/c1-60-32-42-71(43-33-60)84(78-56-52-76(53-57-78)82(69-28-16-6-17-29-69)74-48-38-63(39-49-74)61-34-44-72(45-35-61)80(65-20-8-2-9-21-65)66-22-10-3-11-23-66)79-58-54-77(55-59-79)83(70-30-18-7-19-31-70)75-50-40-64(41-51-75)62-36-46-73(47-37-62)81(67-24-12-4-13-25-67)68-26-14-5-15-27-68/h2-59H,1H3. The monoisotopic (exact) mass is 1080 g/mol. The summed E-state index contributed by atoms with van der Waals surface area (Å²) >= 11 is 0. The number of hydrogen-bond donors (Lipinski definition) is 0. The van der Waals surface area contributed by atoms with Crippen LogP contribution in [0.4, 0.5) is 85.3 Å². The van der Waals surface area contributed by atoms with Gasteiger partial charge in [0.15, 0.2) is 0 Å². The van der Waals surface area contributed by atoms with E-state index in [-0.39, 0.29) is 0 Å². The molecule has 0 unspecified atom stereocenters. The summed E-state index contributed by atoms with van der Waals surface area (Å²) in [5.41, 5.74) is 22.1. The van der Waals surface area contributed by atoms with Gasteiger partial charge in [-0.25, -0.2) is 0 Å². The predicted molar refractivity (Wildman–Crippen MR) is 355 cm³/mol. The maximum absolute atomic E-state index is 2.34. The van der Waals surface area contributed by atoms with Crippen LogP contribution < -0.4 is 24.5 Å². The Morgan fingerprint density at radius 1 is 0.131 bits per heavy atom. The van der Waals surface area contributed by atoms with E-state index >= 15 is 0 Å². The number of benzene rings is 13. The second kappa shape index (κ2) is 24.3. The normalized spacial score (nSPS) is 10.9. The summed E-state index contributed by atoms with van der Waals surface area (Å²) in [6.07, 6.45) is 0. The highest BCUT2D eigenvalue weighted by atomic mass is 15.2. The summed E-state index contributed by atoms with van der Waals surface area (Å²) in [5, 5.41) is 0. The molecule has 0 saturated heterocycles. The zero-order valence-electron chi connectivity index (χ0n) is 46.7. The van der Waals surface area contributed by atoms with Gasteiger partial charge in [-0.2, -0.15) is 0 Å². The smallest absolute Gasteiger partial charge is 0.0463 e. The topological polar surface area (TPSA) is 16.2 Å². The summed E-state index contributed by atoms with van der Waals surface area (Å²) in [6.45, 7) is 2.14. The van der Waals surface area contributed by atoms with Gasteiger partial charge in [-0.05, 0) is 211 Å². The predicted octanol–water partition coefficient (Wildman–Crippen LogP) is 22.7. The molecule has 0 aliphatic carbocycles. The Kier molecular flexibility index (Phi) is 15.1. The Labute approximate surface area is 493 Å². The van der Waals surface area contributed by atoms with Crippen molar-refractivity contribution in [1.82, 2.24) is 0 Å². The van der Waals surface area contributed by atoms with Crippen LogP contribution in [0.5, 0.6) is 0 Å². The minimum Gasteiger partial charge on any atom is -0.311 e. The molecule has 0 spiro atoms. The first kappa shape index (κ1) is 52.2. The second-order valence-electron chi connectivity index (χ2n) is 20.7. The van der Waals surface area contributed by atoms with E-state index in [0.717, 1.165) is 108 Å². The van der Waals surface area contributed by atoms with E-state index in [4.69, 9.17) is 0 Å². The Hall–Kier alpha value is -11.1. The summed E-state index contributed by atoms with van der Waals surface area (Å²) in [7, 11) is 0. The Morgan fingerprint density at radius 3 is 0.405 bits per heavy atom. The van der Waals surface area contributed by atoms with Crippen molar-refractivity contribution in [3.63, 3.8) is 0 Å². The Balaban J connectivity index is 0.772. The van der Waals surface area contributed by atoms with E-state index in [9.17, 15) is 0 Å². The van der Waals surface area contributed by atoms with E-state index in [0.29, 0.717) is 0 Å². The van der Waals surface area contributed by atoms with Crippen molar-refractivity contribution in [2.45, 2.75) is 6.92 Å². The quantitative estimate of drug-likeness (QED) is 0.0901. The van der Waals surface area contributed by atoms with Gasteiger partial charge in [-0.15, -0.1) is 0 Å². The molecule has 13 rings (SSSR count). The largest absolute Gasteiger partial charge is 0.311 e. The average Bonchev–Trinajstić information content (AvgIpc) is 3.71. The molecular weight excluding hydrogens is 1020 g/mol. The summed E-state index contributed by atoms with van der Waals surface area (Å²) in [6, 6.07) is 126. The van der Waals surface area contributed by atoms with Crippen LogP contribution >= 0.6 is 0 Å². The van der Waals surface area contributed by atoms with Gasteiger partial charge in [-0.3, -0.25) is 0 Å². The lowest BCUT2D eigenvalue weighted by molar-refractivity contribution is 1.24. The molecule has 84 heavy (non-hydrogen) atoms. The molecule has 0 amide bonds. The van der Waals surface area contributed by atoms with Crippen LogP contribution in [0, 0.1) is 6.92 Å². The lowest BCUT2D eigenvalue weighted by Crippen LogP contribution is -2.13. The fourth-order valence-electron chi connectivity index (χ4n) is 11.1. The van der Waals surface area contributed by atoms with Crippen molar-refractivity contribution in [2.24, 2.45) is 0 Å². The number of hydrogen-bond acceptors (Lipinski definition) is 5. The molecule has 0 aromatic heterocycles. The first-order valence-corrected chi connectivity index (χ1v) is 28.6. The first-order valence-electron chi connectivity index (χ1n) is 28.6.